The van der Waals surface area contributed by atoms with Gasteiger partial charge in [-0.3, -0.25) is 0 Å². The predicted molar refractivity (Wildman–Crippen MR) is 77.2 cm³/mol. The molecule has 4 nitrogen and oxygen atoms in total. The molecule has 19 heavy (non-hydrogen) atoms. The van der Waals surface area contributed by atoms with E-state index in [4.69, 9.17) is 10.5 Å². The molecule has 0 amide bonds. The zero-order chi connectivity index (χ0) is 13.7. The molecule has 2 aromatic rings. The molecule has 0 radical (unpaired) electrons. The summed E-state index contributed by atoms with van der Waals surface area (Å²) in [5.41, 5.74) is 8.11. The van der Waals surface area contributed by atoms with Crippen LogP contribution in [-0.4, -0.2) is 18.6 Å². The van der Waals surface area contributed by atoms with Gasteiger partial charge in [-0.25, -0.2) is 4.98 Å². The molecule has 0 bridgehead atoms. The van der Waals surface area contributed by atoms with Gasteiger partial charge in [0.05, 0.1) is 13.2 Å². The highest BCUT2D eigenvalue weighted by atomic mass is 16.5. The fraction of sp³-hybridized carbons (Fsp3) is 0.267. The number of nitrogens with two attached hydrogens (primary N) is 1. The molecule has 0 saturated heterocycles. The second-order valence-electron chi connectivity index (χ2n) is 4.24. The van der Waals surface area contributed by atoms with Gasteiger partial charge in [0.2, 0.25) is 0 Å². The molecule has 1 atom stereocenters. The van der Waals surface area contributed by atoms with Gasteiger partial charge in [0.1, 0.15) is 11.6 Å². The fourth-order valence-electron chi connectivity index (χ4n) is 2.08. The summed E-state index contributed by atoms with van der Waals surface area (Å²) >= 11 is 0. The van der Waals surface area contributed by atoms with E-state index in [0.717, 1.165) is 23.4 Å². The van der Waals surface area contributed by atoms with Crippen molar-refractivity contribution in [1.29, 1.82) is 0 Å². The maximum atomic E-state index is 5.97. The van der Waals surface area contributed by atoms with Gasteiger partial charge >= 0.3 is 0 Å². The first-order valence-electron chi connectivity index (χ1n) is 6.34. The molecule has 0 fully saturated rings. The molecule has 0 aliphatic rings. The van der Waals surface area contributed by atoms with E-state index in [1.54, 1.807) is 13.3 Å². The highest BCUT2D eigenvalue weighted by molar-refractivity contribution is 5.46. The first-order valence-corrected chi connectivity index (χ1v) is 6.34. The van der Waals surface area contributed by atoms with Crippen LogP contribution in [-0.2, 0) is 0 Å². The van der Waals surface area contributed by atoms with Crippen molar-refractivity contribution in [3.05, 3.63) is 53.7 Å². The normalized spacial score (nSPS) is 12.1. The number of aromatic nitrogens is 1. The van der Waals surface area contributed by atoms with E-state index >= 15 is 0 Å². The topological polar surface area (TPSA) is 60.2 Å². The van der Waals surface area contributed by atoms with Crippen LogP contribution in [0.15, 0.2) is 42.6 Å². The number of hydrogen-bond donors (Lipinski definition) is 2. The number of pyridine rings is 1. The maximum absolute atomic E-state index is 5.97. The van der Waals surface area contributed by atoms with Crippen LogP contribution in [0, 0.1) is 0 Å². The lowest BCUT2D eigenvalue weighted by Gasteiger charge is -2.20. The maximum Gasteiger partial charge on any atom is 0.128 e. The summed E-state index contributed by atoms with van der Waals surface area (Å²) in [5.74, 6) is 1.41. The SMILES string of the molecule is CCNC(c1ccc(OC)cc1)c1cccnc1N. The third-order valence-electron chi connectivity index (χ3n) is 3.04. The number of benzene rings is 1. The lowest BCUT2D eigenvalue weighted by Crippen LogP contribution is -2.23. The van der Waals surface area contributed by atoms with Crippen LogP contribution in [0.3, 0.4) is 0 Å². The van der Waals surface area contributed by atoms with E-state index in [2.05, 4.69) is 17.2 Å². The minimum absolute atomic E-state index is 0.0459. The van der Waals surface area contributed by atoms with Crippen molar-refractivity contribution in [2.45, 2.75) is 13.0 Å². The molecule has 1 heterocycles. The molecule has 100 valence electrons. The molecular weight excluding hydrogens is 238 g/mol. The van der Waals surface area contributed by atoms with Crippen LogP contribution in [0.25, 0.3) is 0 Å². The minimum Gasteiger partial charge on any atom is -0.497 e. The zero-order valence-electron chi connectivity index (χ0n) is 11.3. The Morgan fingerprint density at radius 1 is 1.26 bits per heavy atom. The van der Waals surface area contributed by atoms with E-state index in [9.17, 15) is 0 Å². The van der Waals surface area contributed by atoms with Gasteiger partial charge in [0.15, 0.2) is 0 Å². The number of ether oxygens (including phenoxy) is 1. The van der Waals surface area contributed by atoms with Crippen molar-refractivity contribution < 1.29 is 4.74 Å². The summed E-state index contributed by atoms with van der Waals surface area (Å²) in [7, 11) is 1.66. The van der Waals surface area contributed by atoms with Crippen molar-refractivity contribution >= 4 is 5.82 Å². The van der Waals surface area contributed by atoms with Gasteiger partial charge in [-0.1, -0.05) is 25.1 Å². The number of nitrogens with one attached hydrogen (secondary N) is 1. The molecule has 0 saturated carbocycles. The summed E-state index contributed by atoms with van der Waals surface area (Å²) in [6.45, 7) is 2.92. The summed E-state index contributed by atoms with van der Waals surface area (Å²) in [6.07, 6.45) is 1.70. The van der Waals surface area contributed by atoms with Gasteiger partial charge < -0.3 is 15.8 Å². The van der Waals surface area contributed by atoms with E-state index in [1.807, 2.05) is 36.4 Å². The van der Waals surface area contributed by atoms with Crippen LogP contribution < -0.4 is 15.8 Å². The van der Waals surface area contributed by atoms with Gasteiger partial charge in [-0.2, -0.15) is 0 Å². The Kier molecular flexibility index (Phi) is 4.36. The Labute approximate surface area is 113 Å². The predicted octanol–water partition coefficient (Wildman–Crippen LogP) is 2.37. The van der Waals surface area contributed by atoms with E-state index < -0.39 is 0 Å². The Morgan fingerprint density at radius 2 is 2.00 bits per heavy atom. The van der Waals surface area contributed by atoms with Crippen molar-refractivity contribution in [2.75, 3.05) is 19.4 Å². The average Bonchev–Trinajstić information content (AvgIpc) is 2.46. The van der Waals surface area contributed by atoms with Crippen molar-refractivity contribution in [3.63, 3.8) is 0 Å². The van der Waals surface area contributed by atoms with Gasteiger partial charge in [-0.15, -0.1) is 0 Å². The second-order valence-corrected chi connectivity index (χ2v) is 4.24. The van der Waals surface area contributed by atoms with E-state index in [1.165, 1.54) is 0 Å². The zero-order valence-corrected chi connectivity index (χ0v) is 11.3. The quantitative estimate of drug-likeness (QED) is 0.863. The highest BCUT2D eigenvalue weighted by Gasteiger charge is 2.15. The van der Waals surface area contributed by atoms with Crippen LogP contribution in [0.4, 0.5) is 5.82 Å². The second kappa shape index (κ2) is 6.20. The van der Waals surface area contributed by atoms with Gasteiger partial charge in [0.25, 0.3) is 0 Å². The summed E-state index contributed by atoms with van der Waals surface area (Å²) in [5, 5.41) is 3.43. The number of anilines is 1. The molecule has 1 aromatic heterocycles. The minimum atomic E-state index is 0.0459. The van der Waals surface area contributed by atoms with Crippen LogP contribution in [0.5, 0.6) is 5.75 Å². The summed E-state index contributed by atoms with van der Waals surface area (Å²) < 4.78 is 5.18. The Bertz CT molecular complexity index is 525. The van der Waals surface area contributed by atoms with Crippen LogP contribution >= 0.6 is 0 Å². The standard InChI is InChI=1S/C15H19N3O/c1-3-17-14(13-5-4-10-18-15(13)16)11-6-8-12(19-2)9-7-11/h4-10,14,17H,3H2,1-2H3,(H2,16,18). The number of methoxy groups -OCH3 is 1. The van der Waals surface area contributed by atoms with E-state index in [0.29, 0.717) is 5.82 Å². The molecule has 4 heteroatoms. The third kappa shape index (κ3) is 3.03. The first kappa shape index (κ1) is 13.4. The fourth-order valence-corrected chi connectivity index (χ4v) is 2.08. The Morgan fingerprint density at radius 3 is 2.58 bits per heavy atom. The Balaban J connectivity index is 2.36. The van der Waals surface area contributed by atoms with E-state index in [-0.39, 0.29) is 6.04 Å². The number of nitrogens with zero attached hydrogens (tertiary/aromatic N) is 1. The molecule has 0 spiro atoms. The average molecular weight is 257 g/mol. The molecule has 1 aromatic carbocycles. The molecular formula is C15H19N3O. The monoisotopic (exact) mass is 257 g/mol. The highest BCUT2D eigenvalue weighted by Crippen LogP contribution is 2.26. The summed E-state index contributed by atoms with van der Waals surface area (Å²) in [4.78, 5) is 4.15. The number of rotatable bonds is 5. The van der Waals surface area contributed by atoms with Crippen molar-refractivity contribution in [1.82, 2.24) is 10.3 Å². The van der Waals surface area contributed by atoms with Crippen LogP contribution in [0.1, 0.15) is 24.1 Å². The largest absolute Gasteiger partial charge is 0.497 e. The number of hydrogen-bond acceptors (Lipinski definition) is 4. The smallest absolute Gasteiger partial charge is 0.128 e. The van der Waals surface area contributed by atoms with Crippen molar-refractivity contribution in [2.24, 2.45) is 0 Å². The van der Waals surface area contributed by atoms with Gasteiger partial charge in [0, 0.05) is 11.8 Å². The molecule has 1 unspecified atom stereocenters. The van der Waals surface area contributed by atoms with Crippen LogP contribution in [0.2, 0.25) is 0 Å². The lowest BCUT2D eigenvalue weighted by atomic mass is 9.99. The molecule has 2 rings (SSSR count). The lowest BCUT2D eigenvalue weighted by molar-refractivity contribution is 0.414. The molecule has 0 aliphatic heterocycles. The molecule has 0 aliphatic carbocycles. The molecule has 3 N–H and O–H groups in total. The first-order chi connectivity index (χ1) is 9.26. The number of nitrogen functional groups attached to an aromatic ring is 1. The van der Waals surface area contributed by atoms with Crippen molar-refractivity contribution in [3.8, 4) is 5.75 Å². The summed E-state index contributed by atoms with van der Waals surface area (Å²) in [6, 6.07) is 11.9. The third-order valence-corrected chi connectivity index (χ3v) is 3.04. The Hall–Kier alpha value is -2.07. The van der Waals surface area contributed by atoms with Gasteiger partial charge in [-0.05, 0) is 30.3 Å².